The summed E-state index contributed by atoms with van der Waals surface area (Å²) in [5, 5.41) is 10.7. The third-order valence-corrected chi connectivity index (χ3v) is 5.84. The van der Waals surface area contributed by atoms with Gasteiger partial charge < -0.3 is 19.9 Å². The van der Waals surface area contributed by atoms with E-state index < -0.39 is 11.9 Å². The summed E-state index contributed by atoms with van der Waals surface area (Å²) in [4.78, 5) is 8.73. The van der Waals surface area contributed by atoms with Crippen molar-refractivity contribution in [3.8, 4) is 11.6 Å². The number of fused-ring (bicyclic) bond motifs is 1. The third kappa shape index (κ3) is 5.46. The lowest BCUT2D eigenvalue weighted by molar-refractivity contribution is -0.143. The van der Waals surface area contributed by atoms with Crippen molar-refractivity contribution in [2.45, 2.75) is 12.7 Å². The first-order valence-corrected chi connectivity index (χ1v) is 11.5. The quantitative estimate of drug-likeness (QED) is 0.251. The number of rotatable bonds is 7. The van der Waals surface area contributed by atoms with Gasteiger partial charge in [0.1, 0.15) is 11.4 Å². The molecule has 0 fully saturated rings. The first-order valence-electron chi connectivity index (χ1n) is 11.1. The predicted octanol–water partition coefficient (Wildman–Crippen LogP) is 6.52. The van der Waals surface area contributed by atoms with Gasteiger partial charge in [0.25, 0.3) is 0 Å². The van der Waals surface area contributed by atoms with Crippen molar-refractivity contribution in [2.75, 3.05) is 10.6 Å². The summed E-state index contributed by atoms with van der Waals surface area (Å²) in [5.41, 5.74) is 2.33. The molecular formula is C25H21ClF3N7O. The van der Waals surface area contributed by atoms with Gasteiger partial charge in [0.05, 0.1) is 16.1 Å². The Bertz CT molecular complexity index is 1540. The van der Waals surface area contributed by atoms with Crippen molar-refractivity contribution < 1.29 is 17.9 Å². The van der Waals surface area contributed by atoms with Crippen LogP contribution >= 0.6 is 11.6 Å². The van der Waals surface area contributed by atoms with Crippen molar-refractivity contribution >= 4 is 40.1 Å². The summed E-state index contributed by atoms with van der Waals surface area (Å²) in [6.07, 6.45) is -2.96. The summed E-state index contributed by atoms with van der Waals surface area (Å²) >= 11 is 5.85. The van der Waals surface area contributed by atoms with Crippen LogP contribution in [0.3, 0.4) is 0 Å². The zero-order chi connectivity index (χ0) is 26.2. The van der Waals surface area contributed by atoms with E-state index in [1.54, 1.807) is 24.3 Å². The Morgan fingerprint density at radius 1 is 1.00 bits per heavy atom. The second kappa shape index (κ2) is 9.66. The minimum Gasteiger partial charge on any atom is -0.439 e. The molecule has 0 atom stereocenters. The Morgan fingerprint density at radius 2 is 1.78 bits per heavy atom. The normalized spacial score (nSPS) is 11.6. The molecule has 0 spiro atoms. The topological polar surface area (TPSA) is 81.8 Å². The number of aryl methyl sites for hydroxylation is 2. The van der Waals surface area contributed by atoms with Crippen LogP contribution in [-0.2, 0) is 26.8 Å². The SMILES string of the molecule is Cn1nc(Nc2ccc3nc(NCc4ccc(Oc5ccc(Cl)cn5)cc4)n(C)c3c2)cc1C(F)(F)F. The molecule has 0 amide bonds. The van der Waals surface area contributed by atoms with E-state index in [2.05, 4.69) is 25.7 Å². The van der Waals surface area contributed by atoms with Crippen LogP contribution in [0.5, 0.6) is 11.6 Å². The number of hydrogen-bond acceptors (Lipinski definition) is 6. The van der Waals surface area contributed by atoms with Crippen LogP contribution in [-0.4, -0.2) is 24.3 Å². The summed E-state index contributed by atoms with van der Waals surface area (Å²) in [5.74, 6) is 1.85. The van der Waals surface area contributed by atoms with Crippen LogP contribution in [0.4, 0.5) is 30.6 Å². The second-order valence-electron chi connectivity index (χ2n) is 8.27. The highest BCUT2D eigenvalue weighted by molar-refractivity contribution is 6.30. The van der Waals surface area contributed by atoms with Crippen molar-refractivity contribution in [3.05, 3.63) is 83.1 Å². The van der Waals surface area contributed by atoms with Crippen molar-refractivity contribution in [3.63, 3.8) is 0 Å². The molecule has 3 heterocycles. The highest BCUT2D eigenvalue weighted by atomic mass is 35.5. The fourth-order valence-corrected chi connectivity index (χ4v) is 3.88. The number of aromatic nitrogens is 5. The first-order chi connectivity index (χ1) is 17.7. The molecular weight excluding hydrogens is 507 g/mol. The Labute approximate surface area is 214 Å². The van der Waals surface area contributed by atoms with Crippen LogP contribution in [0.2, 0.25) is 5.02 Å². The Balaban J connectivity index is 1.25. The van der Waals surface area contributed by atoms with Crippen LogP contribution in [0, 0.1) is 0 Å². The van der Waals surface area contributed by atoms with Crippen LogP contribution < -0.4 is 15.4 Å². The molecule has 8 nitrogen and oxygen atoms in total. The highest BCUT2D eigenvalue weighted by Gasteiger charge is 2.35. The molecule has 12 heteroatoms. The number of nitrogens with one attached hydrogen (secondary N) is 2. The van der Waals surface area contributed by atoms with E-state index in [9.17, 15) is 13.2 Å². The van der Waals surface area contributed by atoms with E-state index in [-0.39, 0.29) is 5.82 Å². The molecule has 0 bridgehead atoms. The summed E-state index contributed by atoms with van der Waals surface area (Å²) in [6.45, 7) is 0.524. The molecule has 190 valence electrons. The highest BCUT2D eigenvalue weighted by Crippen LogP contribution is 2.32. The summed E-state index contributed by atoms with van der Waals surface area (Å²) < 4.78 is 47.6. The van der Waals surface area contributed by atoms with Gasteiger partial charge in [0.2, 0.25) is 11.8 Å². The van der Waals surface area contributed by atoms with Crippen molar-refractivity contribution in [2.24, 2.45) is 14.1 Å². The van der Waals surface area contributed by atoms with Gasteiger partial charge in [-0.25, -0.2) is 9.97 Å². The maximum absolute atomic E-state index is 13.1. The number of nitrogens with zero attached hydrogens (tertiary/aromatic N) is 5. The minimum absolute atomic E-state index is 0.106. The number of halogens is 4. The van der Waals surface area contributed by atoms with Gasteiger partial charge in [-0.05, 0) is 42.0 Å². The molecule has 0 saturated heterocycles. The summed E-state index contributed by atoms with van der Waals surface area (Å²) in [7, 11) is 3.12. The molecule has 37 heavy (non-hydrogen) atoms. The molecule has 5 aromatic rings. The molecule has 2 N–H and O–H groups in total. The average molecular weight is 528 g/mol. The van der Waals surface area contributed by atoms with E-state index in [1.807, 2.05) is 41.9 Å². The maximum Gasteiger partial charge on any atom is 0.433 e. The van der Waals surface area contributed by atoms with Crippen LogP contribution in [0.25, 0.3) is 11.0 Å². The Hall–Kier alpha value is -4.25. The smallest absolute Gasteiger partial charge is 0.433 e. The van der Waals surface area contributed by atoms with Gasteiger partial charge in [0, 0.05) is 44.7 Å². The lowest BCUT2D eigenvalue weighted by atomic mass is 10.2. The van der Waals surface area contributed by atoms with Gasteiger partial charge in [-0.15, -0.1) is 0 Å². The second-order valence-corrected chi connectivity index (χ2v) is 8.71. The van der Waals surface area contributed by atoms with E-state index in [4.69, 9.17) is 16.3 Å². The van der Waals surface area contributed by atoms with Gasteiger partial charge in [0.15, 0.2) is 5.82 Å². The van der Waals surface area contributed by atoms with Gasteiger partial charge in [-0.1, -0.05) is 23.7 Å². The van der Waals surface area contributed by atoms with Gasteiger partial charge >= 0.3 is 6.18 Å². The number of pyridine rings is 1. The van der Waals surface area contributed by atoms with Crippen LogP contribution in [0.15, 0.2) is 66.9 Å². The lowest BCUT2D eigenvalue weighted by Crippen LogP contribution is -2.11. The molecule has 3 aromatic heterocycles. The molecule has 0 aliphatic heterocycles. The standard InChI is InChI=1S/C25H21ClF3N7O/c1-35-20-11-17(32-22-12-21(25(27,28)29)36(2)34-22)6-9-19(20)33-24(35)31-13-15-3-7-18(8-4-15)37-23-10-5-16(26)14-30-23/h3-12,14H,13H2,1-2H3,(H,31,33)(H,32,34). The van der Waals surface area contributed by atoms with E-state index in [1.165, 1.54) is 13.2 Å². The number of ether oxygens (including phenoxy) is 1. The number of benzene rings is 2. The van der Waals surface area contributed by atoms with Gasteiger partial charge in [-0.2, -0.15) is 18.3 Å². The van der Waals surface area contributed by atoms with E-state index in [0.29, 0.717) is 34.8 Å². The van der Waals surface area contributed by atoms with E-state index >= 15 is 0 Å². The lowest BCUT2D eigenvalue weighted by Gasteiger charge is -2.08. The molecule has 5 rings (SSSR count). The fourth-order valence-electron chi connectivity index (χ4n) is 3.77. The number of imidazole rings is 1. The largest absolute Gasteiger partial charge is 0.439 e. The molecule has 0 unspecified atom stereocenters. The Kier molecular flexibility index (Phi) is 6.38. The molecule has 0 saturated carbocycles. The zero-order valence-corrected chi connectivity index (χ0v) is 20.5. The van der Waals surface area contributed by atoms with E-state index in [0.717, 1.165) is 27.3 Å². The number of hydrogen-bond donors (Lipinski definition) is 2. The number of anilines is 3. The zero-order valence-electron chi connectivity index (χ0n) is 19.7. The first kappa shape index (κ1) is 24.4. The monoisotopic (exact) mass is 527 g/mol. The summed E-state index contributed by atoms with van der Waals surface area (Å²) in [6, 6.07) is 17.3. The average Bonchev–Trinajstić information content (AvgIpc) is 3.39. The van der Waals surface area contributed by atoms with Crippen molar-refractivity contribution in [1.29, 1.82) is 0 Å². The maximum atomic E-state index is 13.1. The molecule has 2 aromatic carbocycles. The number of alkyl halides is 3. The predicted molar refractivity (Wildman–Crippen MR) is 135 cm³/mol. The van der Waals surface area contributed by atoms with Gasteiger partial charge in [-0.3, -0.25) is 4.68 Å². The van der Waals surface area contributed by atoms with Crippen LogP contribution in [0.1, 0.15) is 11.3 Å². The van der Waals surface area contributed by atoms with Crippen molar-refractivity contribution in [1.82, 2.24) is 24.3 Å². The molecule has 0 radical (unpaired) electrons. The minimum atomic E-state index is -4.48. The molecule has 0 aliphatic rings. The Morgan fingerprint density at radius 3 is 2.46 bits per heavy atom. The fraction of sp³-hybridized carbons (Fsp3) is 0.160. The molecule has 0 aliphatic carbocycles. The third-order valence-electron chi connectivity index (χ3n) is 5.62.